The van der Waals surface area contributed by atoms with E-state index < -0.39 is 91.4 Å². The van der Waals surface area contributed by atoms with E-state index in [1.165, 1.54) is 0 Å². The maximum atomic E-state index is 13.9. The van der Waals surface area contributed by atoms with Gasteiger partial charge in [0.15, 0.2) is 0 Å². The first-order valence-electron chi connectivity index (χ1n) is 21.2. The molecule has 14 unspecified atom stereocenters. The van der Waals surface area contributed by atoms with Crippen LogP contribution in [-0.2, 0) is 47.5 Å². The smallest absolute Gasteiger partial charge is 0.308 e. The zero-order chi connectivity index (χ0) is 39.4. The Hall–Kier alpha value is -1.82. The number of rotatable bonds is 2. The molecule has 8 aliphatic heterocycles. The lowest BCUT2D eigenvalue weighted by Crippen LogP contribution is -2.62. The van der Waals surface area contributed by atoms with Crippen LogP contribution >= 0.6 is 0 Å². The molecule has 8 bridgehead atoms. The number of carbonyl (C=O) groups is 2. The minimum atomic E-state index is -1.13. The fraction of sp³-hybridized carbons (Fsp3) is 0.857. The molecule has 0 aromatic carbocycles. The zero-order valence-electron chi connectivity index (χ0n) is 32.7. The van der Waals surface area contributed by atoms with Crippen LogP contribution in [0, 0.1) is 11.8 Å². The highest BCUT2D eigenvalue weighted by Crippen LogP contribution is 2.44. The number of hydrogen-bond donors (Lipinski definition) is 4. The van der Waals surface area contributed by atoms with Gasteiger partial charge in [-0.2, -0.15) is 0 Å². The number of aliphatic hydroxyl groups excluding tert-OH is 4. The Morgan fingerprint density at radius 2 is 1.34 bits per heavy atom. The third kappa shape index (κ3) is 8.32. The second kappa shape index (κ2) is 17.0. The zero-order valence-corrected chi connectivity index (χ0v) is 32.7. The summed E-state index contributed by atoms with van der Waals surface area (Å²) in [5.41, 5.74) is 1.97. The summed E-state index contributed by atoms with van der Waals surface area (Å²) in [6, 6.07) is 0. The standard InChI is InChI=1S/C42H62O14/c1-19-13-25-7-9-28-20(2)14-24(49-28)6-5-23(44)15-32-36(47)41-42(55-32)37(48)40-30(54-41)10-8-26(51-40)16-35(46)56-39-22(4)38-33(17-27(45)29(53-38)11-12-43)52-34(39)18-31(50-25)21(19)3/h19,22,24-34,36-43,45,47-48H,2-3,5-18H2,1,4H3/t19?,22-,24?,25?,26?,27?,28?,29?,30?,31?,32?,33-,34-,36?,37?,38-,39?,40-,41-,42?/m0/s1. The van der Waals surface area contributed by atoms with Gasteiger partial charge in [0.1, 0.15) is 42.4 Å². The van der Waals surface area contributed by atoms with Crippen LogP contribution in [0.1, 0.15) is 97.3 Å². The fourth-order valence-electron chi connectivity index (χ4n) is 10.8. The Morgan fingerprint density at radius 3 is 2.14 bits per heavy atom. The van der Waals surface area contributed by atoms with E-state index in [1.54, 1.807) is 0 Å². The quantitative estimate of drug-likeness (QED) is 0.236. The van der Waals surface area contributed by atoms with Crippen molar-refractivity contribution >= 4 is 11.8 Å². The van der Waals surface area contributed by atoms with E-state index in [-0.39, 0.29) is 74.3 Å². The van der Waals surface area contributed by atoms with Crippen molar-refractivity contribution in [1.29, 1.82) is 0 Å². The molecule has 0 spiro atoms. The molecule has 4 N–H and O–H groups in total. The molecule has 8 fully saturated rings. The summed E-state index contributed by atoms with van der Waals surface area (Å²) in [6.07, 6.45) is -5.21. The summed E-state index contributed by atoms with van der Waals surface area (Å²) in [5, 5.41) is 43.2. The topological polar surface area (TPSA) is 189 Å². The first-order valence-corrected chi connectivity index (χ1v) is 21.2. The van der Waals surface area contributed by atoms with Crippen molar-refractivity contribution in [2.75, 3.05) is 6.61 Å². The van der Waals surface area contributed by atoms with Crippen LogP contribution < -0.4 is 0 Å². The second-order valence-electron chi connectivity index (χ2n) is 17.9. The molecule has 8 aliphatic rings. The lowest BCUT2D eigenvalue weighted by Gasteiger charge is -2.51. The number of ether oxygens (including phenoxy) is 8. The van der Waals surface area contributed by atoms with Gasteiger partial charge < -0.3 is 58.3 Å². The van der Waals surface area contributed by atoms with Gasteiger partial charge in [0.2, 0.25) is 0 Å². The van der Waals surface area contributed by atoms with E-state index >= 15 is 0 Å². The highest BCUT2D eigenvalue weighted by atomic mass is 16.6. The molecule has 0 saturated carbocycles. The molecule has 0 aromatic rings. The Labute approximate surface area is 329 Å². The molecule has 314 valence electrons. The molecule has 8 rings (SSSR count). The summed E-state index contributed by atoms with van der Waals surface area (Å²) < 4.78 is 51.3. The van der Waals surface area contributed by atoms with Crippen molar-refractivity contribution in [2.45, 2.75) is 207 Å². The van der Waals surface area contributed by atoms with Crippen LogP contribution in [0.3, 0.4) is 0 Å². The lowest BCUT2D eigenvalue weighted by molar-refractivity contribution is -0.275. The van der Waals surface area contributed by atoms with Crippen molar-refractivity contribution in [3.8, 4) is 0 Å². The molecular weight excluding hydrogens is 728 g/mol. The minimum absolute atomic E-state index is 0.00469. The Bertz CT molecular complexity index is 1460. The number of aliphatic hydroxyl groups is 4. The number of carbonyl (C=O) groups excluding carboxylic acids is 2. The van der Waals surface area contributed by atoms with Crippen LogP contribution in [0.5, 0.6) is 0 Å². The fourth-order valence-corrected chi connectivity index (χ4v) is 10.8. The van der Waals surface area contributed by atoms with Gasteiger partial charge >= 0.3 is 5.97 Å². The van der Waals surface area contributed by atoms with Gasteiger partial charge in [0.05, 0.1) is 79.7 Å². The van der Waals surface area contributed by atoms with Gasteiger partial charge in [-0.1, -0.05) is 27.0 Å². The molecule has 0 amide bonds. The largest absolute Gasteiger partial charge is 0.459 e. The SMILES string of the molecule is C=C1CC2CCC(=O)CC3OC4C(O)[C@H]5OC(CCC5O[C@H]4C3O)CC(=O)OC3[C@H](CC4OC(CCC1O2)CC(C)C4=C)O[C@H]1CC(O)C(CCO)O[C@H]1[C@@H]3C. The van der Waals surface area contributed by atoms with Gasteiger partial charge in [-0.3, -0.25) is 9.59 Å². The molecule has 0 aliphatic carbocycles. The normalized spacial score (nSPS) is 50.5. The van der Waals surface area contributed by atoms with Crippen molar-refractivity contribution in [2.24, 2.45) is 11.8 Å². The summed E-state index contributed by atoms with van der Waals surface area (Å²) >= 11 is 0. The highest BCUT2D eigenvalue weighted by molar-refractivity contribution is 5.79. The molecule has 56 heavy (non-hydrogen) atoms. The van der Waals surface area contributed by atoms with Gasteiger partial charge in [-0.05, 0) is 68.4 Å². The average Bonchev–Trinajstić information content (AvgIpc) is 3.68. The van der Waals surface area contributed by atoms with E-state index in [2.05, 4.69) is 20.1 Å². The van der Waals surface area contributed by atoms with Crippen LogP contribution in [0.15, 0.2) is 24.3 Å². The van der Waals surface area contributed by atoms with E-state index in [4.69, 9.17) is 37.9 Å². The van der Waals surface area contributed by atoms with E-state index in [9.17, 15) is 30.0 Å². The van der Waals surface area contributed by atoms with Gasteiger partial charge in [-0.25, -0.2) is 0 Å². The molecular formula is C42H62O14. The van der Waals surface area contributed by atoms with Gasteiger partial charge in [0, 0.05) is 38.2 Å². The first kappa shape index (κ1) is 40.9. The highest BCUT2D eigenvalue weighted by Gasteiger charge is 2.57. The third-order valence-corrected chi connectivity index (χ3v) is 14.0. The molecule has 20 atom stereocenters. The van der Waals surface area contributed by atoms with Crippen LogP contribution in [0.4, 0.5) is 0 Å². The van der Waals surface area contributed by atoms with Gasteiger partial charge in [-0.15, -0.1) is 0 Å². The number of Topliss-reactive ketones (excluding diaryl/α,β-unsaturated/α-hetero) is 1. The van der Waals surface area contributed by atoms with Crippen LogP contribution in [-0.4, -0.2) is 149 Å². The van der Waals surface area contributed by atoms with E-state index in [1.807, 2.05) is 6.92 Å². The molecule has 8 heterocycles. The van der Waals surface area contributed by atoms with Crippen LogP contribution in [0.25, 0.3) is 0 Å². The number of esters is 1. The monoisotopic (exact) mass is 790 g/mol. The summed E-state index contributed by atoms with van der Waals surface area (Å²) in [4.78, 5) is 27.0. The van der Waals surface area contributed by atoms with Crippen molar-refractivity contribution in [3.05, 3.63) is 24.3 Å². The Balaban J connectivity index is 1.03. The number of ketones is 1. The van der Waals surface area contributed by atoms with Crippen molar-refractivity contribution in [1.82, 2.24) is 0 Å². The minimum Gasteiger partial charge on any atom is -0.459 e. The number of fused-ring (bicyclic) bond motifs is 8. The lowest BCUT2D eigenvalue weighted by atomic mass is 9.79. The van der Waals surface area contributed by atoms with Crippen molar-refractivity contribution < 1.29 is 67.9 Å². The molecule has 14 heteroatoms. The Kier molecular flexibility index (Phi) is 12.5. The predicted octanol–water partition coefficient (Wildman–Crippen LogP) is 2.38. The van der Waals surface area contributed by atoms with Crippen LogP contribution in [0.2, 0.25) is 0 Å². The molecule has 14 nitrogen and oxygen atoms in total. The summed E-state index contributed by atoms with van der Waals surface area (Å²) in [7, 11) is 0. The third-order valence-electron chi connectivity index (χ3n) is 14.0. The van der Waals surface area contributed by atoms with E-state index in [0.717, 1.165) is 30.4 Å². The maximum absolute atomic E-state index is 13.9. The van der Waals surface area contributed by atoms with Crippen molar-refractivity contribution in [3.63, 3.8) is 0 Å². The molecule has 0 radical (unpaired) electrons. The maximum Gasteiger partial charge on any atom is 0.308 e. The first-order chi connectivity index (χ1) is 26.9. The summed E-state index contributed by atoms with van der Waals surface area (Å²) in [5.74, 6) is -0.665. The predicted molar refractivity (Wildman–Crippen MR) is 197 cm³/mol. The van der Waals surface area contributed by atoms with Gasteiger partial charge in [0.25, 0.3) is 0 Å². The van der Waals surface area contributed by atoms with E-state index in [0.29, 0.717) is 38.5 Å². The summed E-state index contributed by atoms with van der Waals surface area (Å²) in [6.45, 7) is 12.7. The average molecular weight is 791 g/mol. The molecule has 0 aromatic heterocycles. The second-order valence-corrected chi connectivity index (χ2v) is 17.9. The number of hydrogen-bond acceptors (Lipinski definition) is 14. The Morgan fingerprint density at radius 1 is 0.625 bits per heavy atom. The molecule has 8 saturated heterocycles.